The van der Waals surface area contributed by atoms with Crippen molar-refractivity contribution < 1.29 is 4.79 Å². The fourth-order valence-electron chi connectivity index (χ4n) is 3.92. The van der Waals surface area contributed by atoms with Crippen LogP contribution in [0.2, 0.25) is 5.02 Å². The summed E-state index contributed by atoms with van der Waals surface area (Å²) in [5, 5.41) is 0.737. The smallest absolute Gasteiger partial charge is 0.225 e. The number of nitrogens with zero attached hydrogens (tertiary/aromatic N) is 3. The molecule has 146 valence electrons. The van der Waals surface area contributed by atoms with Crippen LogP contribution in [0.25, 0.3) is 0 Å². The summed E-state index contributed by atoms with van der Waals surface area (Å²) in [7, 11) is 4.23. The quantitative estimate of drug-likeness (QED) is 0.726. The first-order valence-corrected chi connectivity index (χ1v) is 10.1. The highest BCUT2D eigenvalue weighted by Crippen LogP contribution is 2.20. The second-order valence-electron chi connectivity index (χ2n) is 8.07. The lowest BCUT2D eigenvalue weighted by Gasteiger charge is -2.45. The van der Waals surface area contributed by atoms with Crippen molar-refractivity contribution in [3.63, 3.8) is 0 Å². The lowest BCUT2D eigenvalue weighted by atomic mass is 9.98. The van der Waals surface area contributed by atoms with Crippen molar-refractivity contribution in [2.75, 3.05) is 40.3 Å². The standard InChI is InChI=1S/C21H34ClN3O/c1-16(13-19-7-9-20(22)10-8-19)21(26)24-14-17(2)25(18(3)15-24)12-6-11-23(4)5/h7-10,16-18H,6,11-15H2,1-5H3. The number of carbonyl (C=O) groups excluding carboxylic acids is 1. The molecule has 2 rings (SSSR count). The number of hydrogen-bond acceptors (Lipinski definition) is 3. The van der Waals surface area contributed by atoms with Gasteiger partial charge in [-0.15, -0.1) is 0 Å². The van der Waals surface area contributed by atoms with E-state index in [4.69, 9.17) is 11.6 Å². The molecule has 1 aromatic rings. The maximum absolute atomic E-state index is 12.9. The number of rotatable bonds is 7. The van der Waals surface area contributed by atoms with Gasteiger partial charge in [0.15, 0.2) is 0 Å². The van der Waals surface area contributed by atoms with Gasteiger partial charge >= 0.3 is 0 Å². The number of halogens is 1. The molecule has 0 spiro atoms. The molecular weight excluding hydrogens is 346 g/mol. The highest BCUT2D eigenvalue weighted by Gasteiger charge is 2.32. The largest absolute Gasteiger partial charge is 0.339 e. The average molecular weight is 380 g/mol. The van der Waals surface area contributed by atoms with Crippen LogP contribution >= 0.6 is 11.6 Å². The Morgan fingerprint density at radius 2 is 1.77 bits per heavy atom. The molecule has 1 aliphatic rings. The Morgan fingerprint density at radius 1 is 1.19 bits per heavy atom. The van der Waals surface area contributed by atoms with E-state index in [-0.39, 0.29) is 11.8 Å². The van der Waals surface area contributed by atoms with Gasteiger partial charge in [0, 0.05) is 42.7 Å². The molecule has 0 bridgehead atoms. The second kappa shape index (κ2) is 9.72. The molecule has 0 saturated carbocycles. The van der Waals surface area contributed by atoms with E-state index >= 15 is 0 Å². The molecule has 4 nitrogen and oxygen atoms in total. The summed E-state index contributed by atoms with van der Waals surface area (Å²) < 4.78 is 0. The van der Waals surface area contributed by atoms with Crippen molar-refractivity contribution in [2.45, 2.75) is 45.7 Å². The van der Waals surface area contributed by atoms with Gasteiger partial charge in [0.2, 0.25) is 5.91 Å². The van der Waals surface area contributed by atoms with Gasteiger partial charge in [0.05, 0.1) is 0 Å². The molecule has 0 aliphatic carbocycles. The molecule has 1 heterocycles. The zero-order valence-corrected chi connectivity index (χ0v) is 17.7. The molecular formula is C21H34ClN3O. The lowest BCUT2D eigenvalue weighted by Crippen LogP contribution is -2.59. The Hall–Kier alpha value is -1.10. The van der Waals surface area contributed by atoms with E-state index in [0.29, 0.717) is 12.1 Å². The zero-order valence-electron chi connectivity index (χ0n) is 16.9. The molecule has 5 heteroatoms. The van der Waals surface area contributed by atoms with Crippen LogP contribution in [0, 0.1) is 5.92 Å². The molecule has 1 aliphatic heterocycles. The van der Waals surface area contributed by atoms with Gasteiger partial charge in [-0.3, -0.25) is 9.69 Å². The van der Waals surface area contributed by atoms with Gasteiger partial charge in [-0.2, -0.15) is 0 Å². The van der Waals surface area contributed by atoms with Crippen LogP contribution in [-0.2, 0) is 11.2 Å². The number of piperazine rings is 1. The number of amides is 1. The molecule has 0 aromatic heterocycles. The molecule has 1 fully saturated rings. The van der Waals surface area contributed by atoms with Crippen LogP contribution in [0.4, 0.5) is 0 Å². The predicted octanol–water partition coefficient (Wildman–Crippen LogP) is 3.39. The van der Waals surface area contributed by atoms with Crippen molar-refractivity contribution in [1.29, 1.82) is 0 Å². The van der Waals surface area contributed by atoms with Crippen molar-refractivity contribution >= 4 is 17.5 Å². The van der Waals surface area contributed by atoms with Crippen LogP contribution in [0.3, 0.4) is 0 Å². The molecule has 1 amide bonds. The summed E-state index contributed by atoms with van der Waals surface area (Å²) in [6.45, 7) is 10.4. The van der Waals surface area contributed by atoms with E-state index < -0.39 is 0 Å². The van der Waals surface area contributed by atoms with Crippen molar-refractivity contribution in [1.82, 2.24) is 14.7 Å². The maximum atomic E-state index is 12.9. The van der Waals surface area contributed by atoms with Crippen LogP contribution in [-0.4, -0.2) is 73.0 Å². The molecule has 3 atom stereocenters. The minimum Gasteiger partial charge on any atom is -0.339 e. The highest BCUT2D eigenvalue weighted by atomic mass is 35.5. The van der Waals surface area contributed by atoms with Crippen molar-refractivity contribution in [2.24, 2.45) is 5.92 Å². The van der Waals surface area contributed by atoms with Gasteiger partial charge in [0.1, 0.15) is 0 Å². The molecule has 1 aromatic carbocycles. The molecule has 1 saturated heterocycles. The van der Waals surface area contributed by atoms with Crippen LogP contribution < -0.4 is 0 Å². The maximum Gasteiger partial charge on any atom is 0.225 e. The highest BCUT2D eigenvalue weighted by molar-refractivity contribution is 6.30. The van der Waals surface area contributed by atoms with Gasteiger partial charge in [-0.1, -0.05) is 30.7 Å². The van der Waals surface area contributed by atoms with Gasteiger partial charge in [-0.05, 0) is 65.0 Å². The monoisotopic (exact) mass is 379 g/mol. The predicted molar refractivity (Wildman–Crippen MR) is 110 cm³/mol. The summed E-state index contributed by atoms with van der Waals surface area (Å²) in [6.07, 6.45) is 1.93. The van der Waals surface area contributed by atoms with E-state index in [1.807, 2.05) is 31.2 Å². The van der Waals surface area contributed by atoms with Crippen molar-refractivity contribution in [3.05, 3.63) is 34.9 Å². The van der Waals surface area contributed by atoms with Gasteiger partial charge in [-0.25, -0.2) is 0 Å². The molecule has 0 N–H and O–H groups in total. The zero-order chi connectivity index (χ0) is 19.3. The topological polar surface area (TPSA) is 26.8 Å². The van der Waals surface area contributed by atoms with E-state index in [2.05, 4.69) is 42.6 Å². The number of hydrogen-bond donors (Lipinski definition) is 0. The molecule has 3 unspecified atom stereocenters. The number of benzene rings is 1. The third kappa shape index (κ3) is 5.97. The Bertz CT molecular complexity index is 563. The Morgan fingerprint density at radius 3 is 2.31 bits per heavy atom. The lowest BCUT2D eigenvalue weighted by molar-refractivity contribution is -0.139. The van der Waals surface area contributed by atoms with Crippen LogP contribution in [0.5, 0.6) is 0 Å². The Balaban J connectivity index is 1.89. The summed E-state index contributed by atoms with van der Waals surface area (Å²) in [4.78, 5) is 19.8. The van der Waals surface area contributed by atoms with Crippen molar-refractivity contribution in [3.8, 4) is 0 Å². The SMILES string of the molecule is CC(Cc1ccc(Cl)cc1)C(=O)N1CC(C)N(CCCN(C)C)C(C)C1. The number of carbonyl (C=O) groups is 1. The Labute approximate surface area is 164 Å². The van der Waals surface area contributed by atoms with Crippen LogP contribution in [0.1, 0.15) is 32.8 Å². The third-order valence-corrected chi connectivity index (χ3v) is 5.56. The minimum atomic E-state index is -0.00383. The fourth-order valence-corrected chi connectivity index (χ4v) is 4.05. The Kier molecular flexibility index (Phi) is 7.93. The van der Waals surface area contributed by atoms with Crippen LogP contribution in [0.15, 0.2) is 24.3 Å². The van der Waals surface area contributed by atoms with Gasteiger partial charge in [0.25, 0.3) is 0 Å². The summed E-state index contributed by atoms with van der Waals surface area (Å²) >= 11 is 5.95. The third-order valence-electron chi connectivity index (χ3n) is 5.31. The summed E-state index contributed by atoms with van der Waals surface area (Å²) in [5.74, 6) is 0.266. The fraction of sp³-hybridized carbons (Fsp3) is 0.667. The van der Waals surface area contributed by atoms with E-state index in [0.717, 1.165) is 37.6 Å². The molecule has 0 radical (unpaired) electrons. The van der Waals surface area contributed by atoms with Gasteiger partial charge < -0.3 is 9.80 Å². The first kappa shape index (κ1) is 21.2. The summed E-state index contributed by atoms with van der Waals surface area (Å²) in [6, 6.07) is 8.63. The summed E-state index contributed by atoms with van der Waals surface area (Å²) in [5.41, 5.74) is 1.17. The normalized spacial score (nSPS) is 22.7. The minimum absolute atomic E-state index is 0.00383. The molecule has 26 heavy (non-hydrogen) atoms. The van der Waals surface area contributed by atoms with E-state index in [1.54, 1.807) is 0 Å². The second-order valence-corrected chi connectivity index (χ2v) is 8.50. The first-order valence-electron chi connectivity index (χ1n) is 9.71. The average Bonchev–Trinajstić information content (AvgIpc) is 2.58. The van der Waals surface area contributed by atoms with E-state index in [9.17, 15) is 4.79 Å². The van der Waals surface area contributed by atoms with E-state index in [1.165, 1.54) is 12.0 Å². The first-order chi connectivity index (χ1) is 12.3.